The van der Waals surface area contributed by atoms with Crippen LogP contribution in [0.2, 0.25) is 0 Å². The van der Waals surface area contributed by atoms with Crippen LogP contribution in [-0.2, 0) is 22.1 Å². The fraction of sp³-hybridized carbons (Fsp3) is 0.364. The molecule has 1 fully saturated rings. The van der Waals surface area contributed by atoms with Gasteiger partial charge in [0.05, 0.1) is 50.8 Å². The fourth-order valence-corrected chi connectivity index (χ4v) is 7.31. The molecule has 4 aromatic carbocycles. The van der Waals surface area contributed by atoms with Crippen LogP contribution in [0.1, 0.15) is 51.7 Å². The maximum absolute atomic E-state index is 14.1. The van der Waals surface area contributed by atoms with Crippen LogP contribution in [0.5, 0.6) is 11.5 Å². The Labute approximate surface area is 350 Å². The second-order valence-electron chi connectivity index (χ2n) is 16.1. The third-order valence-corrected chi connectivity index (χ3v) is 10.5. The van der Waals surface area contributed by atoms with E-state index in [4.69, 9.17) is 9.47 Å². The normalized spacial score (nSPS) is 16.4. The van der Waals surface area contributed by atoms with E-state index in [9.17, 15) is 49.8 Å². The number of aromatic amines is 1. The highest BCUT2D eigenvalue weighted by Gasteiger charge is 2.67. The zero-order valence-electron chi connectivity index (χ0n) is 34.4. The third kappa shape index (κ3) is 10.4. The number of methoxy groups -OCH3 is 2. The van der Waals surface area contributed by atoms with Gasteiger partial charge in [-0.1, -0.05) is 52.0 Å². The van der Waals surface area contributed by atoms with Crippen LogP contribution in [0.25, 0.3) is 21.8 Å². The molecule has 0 saturated carbocycles. The Balaban J connectivity index is 0.000000198. The van der Waals surface area contributed by atoms with E-state index in [-0.39, 0.29) is 40.7 Å². The summed E-state index contributed by atoms with van der Waals surface area (Å²) in [5.74, 6) is -0.559. The smallest absolute Gasteiger partial charge is 0.419 e. The van der Waals surface area contributed by atoms with Crippen molar-refractivity contribution >= 4 is 21.8 Å². The Morgan fingerprint density at radius 1 is 0.758 bits per heavy atom. The highest BCUT2D eigenvalue weighted by molar-refractivity contribution is 5.78. The lowest BCUT2D eigenvalue weighted by molar-refractivity contribution is -0.272. The summed E-state index contributed by atoms with van der Waals surface area (Å²) in [5.41, 5.74) is -6.54. The molecule has 62 heavy (non-hydrogen) atoms. The second-order valence-corrected chi connectivity index (χ2v) is 16.1. The molecule has 2 N–H and O–H groups in total. The molecule has 1 saturated heterocycles. The molecule has 10 nitrogen and oxygen atoms in total. The fourth-order valence-electron chi connectivity index (χ4n) is 7.31. The molecule has 1 aliphatic rings. The summed E-state index contributed by atoms with van der Waals surface area (Å²) < 4.78 is 124. The summed E-state index contributed by atoms with van der Waals surface area (Å²) in [6.07, 6.45) is -8.33. The van der Waals surface area contributed by atoms with Crippen molar-refractivity contribution < 1.29 is 54.4 Å². The van der Waals surface area contributed by atoms with E-state index < -0.39 is 64.4 Å². The molecule has 332 valence electrons. The van der Waals surface area contributed by atoms with Crippen molar-refractivity contribution in [3.63, 3.8) is 0 Å². The number of aliphatic hydroxyl groups is 1. The lowest BCUT2D eigenvalue weighted by Gasteiger charge is -2.38. The van der Waals surface area contributed by atoms with Gasteiger partial charge in [0.1, 0.15) is 23.1 Å². The summed E-state index contributed by atoms with van der Waals surface area (Å²) in [4.78, 5) is 23.1. The number of halogens is 8. The number of hydrogen-bond acceptors (Lipinski definition) is 8. The molecule has 2 unspecified atom stereocenters. The minimum Gasteiger partial charge on any atom is -0.496 e. The molecular weight excluding hydrogens is 832 g/mol. The van der Waals surface area contributed by atoms with Crippen molar-refractivity contribution in [2.24, 2.45) is 0 Å². The van der Waals surface area contributed by atoms with Crippen molar-refractivity contribution in [3.05, 3.63) is 141 Å². The largest absolute Gasteiger partial charge is 0.496 e. The number of aromatic nitrogens is 4. The molecule has 6 aromatic rings. The number of nitrogens with one attached hydrogen (secondary N) is 1. The quantitative estimate of drug-likeness (QED) is 0.103. The standard InChI is InChI=1S/C22H22F4N2O3.C14H16F4O2.C8H6N2O/c1-20(2,16-10-14(23)8-9-19(16)31-3)12-21(30,22(24,25)26)13-28-17-7-5-4-6-15(17)18(29)11-27-28;1-12(2,7-13(8-20-13)14(16,17)18)10-6-9(15)4-5-11(10)19-3;11-8-5-9-10-7-4-2-1-3-6(7)8/h4-11,30H,12-13H2,1-3H3;4-6H,7-8H2,1-3H3;1-5H,(H,10,11). The van der Waals surface area contributed by atoms with Gasteiger partial charge in [0.2, 0.25) is 10.9 Å². The predicted molar refractivity (Wildman–Crippen MR) is 215 cm³/mol. The summed E-state index contributed by atoms with van der Waals surface area (Å²) >= 11 is 0. The number of fused-ring (bicyclic) bond motifs is 2. The molecular formula is C44H44F8N4O6. The van der Waals surface area contributed by atoms with Gasteiger partial charge in [0.15, 0.2) is 11.2 Å². The van der Waals surface area contributed by atoms with Crippen LogP contribution in [0.4, 0.5) is 35.1 Å². The number of nitrogens with zero attached hydrogens (tertiary/aromatic N) is 3. The van der Waals surface area contributed by atoms with E-state index in [1.54, 1.807) is 32.0 Å². The van der Waals surface area contributed by atoms with Gasteiger partial charge in [-0.05, 0) is 84.3 Å². The number of benzene rings is 4. The third-order valence-electron chi connectivity index (χ3n) is 10.5. The maximum Gasteiger partial charge on any atom is 0.419 e. The minimum absolute atomic E-state index is 0.0423. The van der Waals surface area contributed by atoms with Crippen LogP contribution >= 0.6 is 0 Å². The Bertz CT molecular complexity index is 2640. The van der Waals surface area contributed by atoms with Crippen LogP contribution < -0.4 is 20.3 Å². The zero-order chi connectivity index (χ0) is 45.9. The number of para-hydroxylation sites is 2. The molecule has 2 aromatic heterocycles. The Morgan fingerprint density at radius 3 is 1.79 bits per heavy atom. The Morgan fingerprint density at radius 2 is 1.27 bits per heavy atom. The SMILES string of the molecule is COc1ccc(F)cc1C(C)(C)CC(O)(Cn1ncc(=O)c2ccccc21)C(F)(F)F.COc1ccc(F)cc1C(C)(C)CC1(C(F)(F)F)CO1.O=c1cn[nH]c2ccccc12. The number of H-pyrrole nitrogens is 1. The van der Waals surface area contributed by atoms with Gasteiger partial charge in [-0.2, -0.15) is 36.5 Å². The summed E-state index contributed by atoms with van der Waals surface area (Å²) in [6.45, 7) is 4.89. The first-order chi connectivity index (χ1) is 28.9. The molecule has 0 spiro atoms. The highest BCUT2D eigenvalue weighted by Crippen LogP contribution is 2.52. The van der Waals surface area contributed by atoms with Gasteiger partial charge >= 0.3 is 12.4 Å². The maximum atomic E-state index is 14.1. The predicted octanol–water partition coefficient (Wildman–Crippen LogP) is 8.96. The molecule has 3 heterocycles. The summed E-state index contributed by atoms with van der Waals surface area (Å²) in [5, 5.41) is 22.0. The van der Waals surface area contributed by atoms with Crippen molar-refractivity contribution in [2.75, 3.05) is 20.8 Å². The number of ether oxygens (including phenoxy) is 3. The van der Waals surface area contributed by atoms with Crippen LogP contribution in [0.15, 0.2) is 107 Å². The first-order valence-electron chi connectivity index (χ1n) is 18.9. The van der Waals surface area contributed by atoms with E-state index in [1.165, 1.54) is 70.7 Å². The second kappa shape index (κ2) is 17.8. The van der Waals surface area contributed by atoms with Gasteiger partial charge < -0.3 is 19.3 Å². The summed E-state index contributed by atoms with van der Waals surface area (Å²) in [7, 11) is 2.74. The average Bonchev–Trinajstić information content (AvgIpc) is 4.00. The van der Waals surface area contributed by atoms with E-state index >= 15 is 0 Å². The number of hydrogen-bond donors (Lipinski definition) is 2. The van der Waals surface area contributed by atoms with E-state index in [0.29, 0.717) is 16.7 Å². The van der Waals surface area contributed by atoms with Crippen molar-refractivity contribution in [3.8, 4) is 11.5 Å². The number of epoxide rings is 1. The van der Waals surface area contributed by atoms with E-state index in [2.05, 4.69) is 20.0 Å². The lowest BCUT2D eigenvalue weighted by Crippen LogP contribution is -2.52. The summed E-state index contributed by atoms with van der Waals surface area (Å²) in [6, 6.07) is 20.8. The molecule has 2 atom stereocenters. The van der Waals surface area contributed by atoms with Gasteiger partial charge in [-0.15, -0.1) is 0 Å². The highest BCUT2D eigenvalue weighted by atomic mass is 19.4. The first-order valence-corrected chi connectivity index (χ1v) is 18.9. The van der Waals surface area contributed by atoms with Crippen molar-refractivity contribution in [1.82, 2.24) is 20.0 Å². The average molecular weight is 877 g/mol. The van der Waals surface area contributed by atoms with Crippen LogP contribution in [-0.4, -0.2) is 69.5 Å². The molecule has 1 aliphatic heterocycles. The topological polar surface area (TPSA) is 132 Å². The Kier molecular flexibility index (Phi) is 13.6. The van der Waals surface area contributed by atoms with Crippen LogP contribution in [0, 0.1) is 11.6 Å². The molecule has 0 aliphatic carbocycles. The lowest BCUT2D eigenvalue weighted by atomic mass is 9.74. The molecule has 0 bridgehead atoms. The molecule has 7 rings (SSSR count). The van der Waals surface area contributed by atoms with Crippen LogP contribution in [0.3, 0.4) is 0 Å². The number of rotatable bonds is 10. The Hall–Kier alpha value is -5.88. The van der Waals surface area contributed by atoms with Crippen molar-refractivity contribution in [2.45, 2.75) is 81.5 Å². The molecule has 0 radical (unpaired) electrons. The van der Waals surface area contributed by atoms with Gasteiger partial charge in [-0.25, -0.2) is 8.78 Å². The molecule has 18 heteroatoms. The minimum atomic E-state index is -5.03. The van der Waals surface area contributed by atoms with E-state index in [1.807, 2.05) is 18.2 Å². The molecule has 0 amide bonds. The monoisotopic (exact) mass is 876 g/mol. The van der Waals surface area contributed by atoms with Gasteiger partial charge in [0, 0.05) is 21.9 Å². The first kappa shape index (κ1) is 47.2. The zero-order valence-corrected chi connectivity index (χ0v) is 34.4. The van der Waals surface area contributed by atoms with Crippen molar-refractivity contribution in [1.29, 1.82) is 0 Å². The van der Waals surface area contributed by atoms with E-state index in [0.717, 1.165) is 28.5 Å². The van der Waals surface area contributed by atoms with Gasteiger partial charge in [0.25, 0.3) is 0 Å². The van der Waals surface area contributed by atoms with Gasteiger partial charge in [-0.3, -0.25) is 19.4 Å². The number of alkyl halides is 6.